The fourth-order valence-corrected chi connectivity index (χ4v) is 4.89. The highest BCUT2D eigenvalue weighted by Crippen LogP contribution is 2.41. The highest BCUT2D eigenvalue weighted by atomic mass is 35.5. The summed E-state index contributed by atoms with van der Waals surface area (Å²) in [4.78, 5) is 15.2. The van der Waals surface area contributed by atoms with Gasteiger partial charge in [-0.3, -0.25) is 10.4 Å². The Morgan fingerprint density at radius 1 is 1.25 bits per heavy atom. The van der Waals surface area contributed by atoms with E-state index in [0.29, 0.717) is 28.8 Å². The molecule has 0 bridgehead atoms. The number of amidine groups is 1. The Morgan fingerprint density at radius 2 is 2.11 bits per heavy atom. The SMILES string of the molecule is N#Cc1cncc(-c2cc(Cl)c([C@@H]3Cc4nc(C5CC5)ncc4C(=N)N3)s2)c1. The molecule has 0 amide bonds. The molecule has 1 fully saturated rings. The molecule has 0 spiro atoms. The Morgan fingerprint density at radius 3 is 2.89 bits per heavy atom. The molecule has 8 heteroatoms. The van der Waals surface area contributed by atoms with Crippen molar-refractivity contribution in [3.63, 3.8) is 0 Å². The predicted octanol–water partition coefficient (Wildman–Crippen LogP) is 4.21. The number of halogens is 1. The van der Waals surface area contributed by atoms with Crippen LogP contribution in [0, 0.1) is 16.7 Å². The zero-order chi connectivity index (χ0) is 19.3. The molecule has 0 radical (unpaired) electrons. The summed E-state index contributed by atoms with van der Waals surface area (Å²) in [5.41, 5.74) is 3.05. The van der Waals surface area contributed by atoms with Crippen LogP contribution >= 0.6 is 22.9 Å². The largest absolute Gasteiger partial charge is 0.362 e. The Kier molecular flexibility index (Phi) is 4.11. The van der Waals surface area contributed by atoms with Crippen molar-refractivity contribution >= 4 is 28.8 Å². The minimum atomic E-state index is -0.111. The van der Waals surface area contributed by atoms with E-state index in [-0.39, 0.29) is 6.04 Å². The van der Waals surface area contributed by atoms with Crippen LogP contribution < -0.4 is 5.32 Å². The molecule has 3 aromatic rings. The van der Waals surface area contributed by atoms with Crippen molar-refractivity contribution in [3.8, 4) is 16.5 Å². The first kappa shape index (κ1) is 17.3. The zero-order valence-electron chi connectivity index (χ0n) is 14.7. The van der Waals surface area contributed by atoms with Gasteiger partial charge in [0.2, 0.25) is 0 Å². The van der Waals surface area contributed by atoms with E-state index in [0.717, 1.165) is 45.2 Å². The van der Waals surface area contributed by atoms with Gasteiger partial charge < -0.3 is 5.32 Å². The van der Waals surface area contributed by atoms with Gasteiger partial charge in [0.05, 0.1) is 27.9 Å². The van der Waals surface area contributed by atoms with Crippen LogP contribution in [0.25, 0.3) is 10.4 Å². The van der Waals surface area contributed by atoms with Crippen molar-refractivity contribution in [2.45, 2.75) is 31.2 Å². The van der Waals surface area contributed by atoms with Crippen molar-refractivity contribution < 1.29 is 0 Å². The summed E-state index contributed by atoms with van der Waals surface area (Å²) in [5, 5.41) is 21.4. The molecule has 1 saturated carbocycles. The molecular weight excluding hydrogens is 392 g/mol. The van der Waals surface area contributed by atoms with Crippen LogP contribution in [0.15, 0.2) is 30.7 Å². The zero-order valence-corrected chi connectivity index (χ0v) is 16.3. The molecule has 0 saturated heterocycles. The average Bonchev–Trinajstić information content (AvgIpc) is 3.49. The molecule has 5 rings (SSSR count). The minimum absolute atomic E-state index is 0.111. The molecule has 1 atom stereocenters. The fraction of sp³-hybridized carbons (Fsp3) is 0.250. The van der Waals surface area contributed by atoms with Gasteiger partial charge in [-0.1, -0.05) is 11.6 Å². The van der Waals surface area contributed by atoms with Gasteiger partial charge in [0.15, 0.2) is 0 Å². The van der Waals surface area contributed by atoms with Crippen molar-refractivity contribution in [2.24, 2.45) is 0 Å². The van der Waals surface area contributed by atoms with E-state index in [4.69, 9.17) is 27.3 Å². The Bertz CT molecular complexity index is 1140. The Hall–Kier alpha value is -2.82. The fourth-order valence-electron chi connectivity index (χ4n) is 3.39. The second-order valence-corrected chi connectivity index (χ2v) is 8.53. The van der Waals surface area contributed by atoms with Crippen LogP contribution in [0.1, 0.15) is 52.3 Å². The molecular formula is C20H15ClN6S. The van der Waals surface area contributed by atoms with E-state index in [1.165, 1.54) is 6.20 Å². The van der Waals surface area contributed by atoms with E-state index in [2.05, 4.69) is 21.4 Å². The number of hydrogen-bond donors (Lipinski definition) is 2. The normalized spacial score (nSPS) is 18.3. The standard InChI is InChI=1S/C20H15ClN6S/c21-14-4-17(12-3-10(6-22)7-24-8-12)28-18(14)16-5-15-13(19(23)26-16)9-25-20(27-15)11-1-2-11/h3-4,7-9,11,16H,1-2,5H2,(H2,23,26)/t16-/m0/s1. The molecule has 2 aliphatic rings. The number of fused-ring (bicyclic) bond motifs is 1. The van der Waals surface area contributed by atoms with Gasteiger partial charge in [-0.25, -0.2) is 9.97 Å². The molecule has 0 unspecified atom stereocenters. The number of aromatic nitrogens is 3. The van der Waals surface area contributed by atoms with Crippen molar-refractivity contribution in [1.29, 1.82) is 10.7 Å². The molecule has 138 valence electrons. The number of thiophene rings is 1. The molecule has 4 heterocycles. The topological polar surface area (TPSA) is 98.3 Å². The van der Waals surface area contributed by atoms with Crippen molar-refractivity contribution in [1.82, 2.24) is 20.3 Å². The Labute approximate surface area is 170 Å². The first-order chi connectivity index (χ1) is 13.6. The third-order valence-electron chi connectivity index (χ3n) is 5.00. The minimum Gasteiger partial charge on any atom is -0.362 e. The molecule has 1 aliphatic heterocycles. The lowest BCUT2D eigenvalue weighted by Gasteiger charge is -2.26. The second kappa shape index (κ2) is 6.66. The van der Waals surface area contributed by atoms with Gasteiger partial charge in [0.25, 0.3) is 0 Å². The number of nitrogens with one attached hydrogen (secondary N) is 2. The molecule has 1 aliphatic carbocycles. The summed E-state index contributed by atoms with van der Waals surface area (Å²) in [6, 6.07) is 5.71. The summed E-state index contributed by atoms with van der Waals surface area (Å²) >= 11 is 8.10. The van der Waals surface area contributed by atoms with Crippen LogP contribution in [0.2, 0.25) is 5.02 Å². The summed E-state index contributed by atoms with van der Waals surface area (Å²) in [6.45, 7) is 0. The van der Waals surface area contributed by atoms with Crippen molar-refractivity contribution in [3.05, 3.63) is 63.3 Å². The van der Waals surface area contributed by atoms with E-state index < -0.39 is 0 Å². The molecule has 0 aromatic carbocycles. The maximum atomic E-state index is 9.10. The molecule has 3 aromatic heterocycles. The third kappa shape index (κ3) is 3.05. The maximum Gasteiger partial charge on any atom is 0.131 e. The summed E-state index contributed by atoms with van der Waals surface area (Å²) in [7, 11) is 0. The monoisotopic (exact) mass is 406 g/mol. The third-order valence-corrected chi connectivity index (χ3v) is 6.72. The highest BCUT2D eigenvalue weighted by Gasteiger charge is 2.31. The number of rotatable bonds is 3. The van der Waals surface area contributed by atoms with E-state index in [1.807, 2.05) is 6.07 Å². The molecule has 6 nitrogen and oxygen atoms in total. The maximum absolute atomic E-state index is 9.10. The van der Waals surface area contributed by atoms with Crippen LogP contribution in [0.3, 0.4) is 0 Å². The second-order valence-electron chi connectivity index (χ2n) is 7.04. The first-order valence-corrected chi connectivity index (χ1v) is 10.2. The van der Waals surface area contributed by atoms with Gasteiger partial charge in [0.1, 0.15) is 17.7 Å². The first-order valence-electron chi connectivity index (χ1n) is 8.98. The van der Waals surface area contributed by atoms with Crippen molar-refractivity contribution in [2.75, 3.05) is 0 Å². The Balaban J connectivity index is 1.48. The van der Waals surface area contributed by atoms with Crippen LogP contribution in [-0.4, -0.2) is 20.8 Å². The summed E-state index contributed by atoms with van der Waals surface area (Å²) in [6.07, 6.45) is 7.99. The number of nitrogens with zero attached hydrogens (tertiary/aromatic N) is 4. The molecule has 2 N–H and O–H groups in total. The van der Waals surface area contributed by atoms with Gasteiger partial charge in [-0.2, -0.15) is 5.26 Å². The summed E-state index contributed by atoms with van der Waals surface area (Å²) in [5.74, 6) is 1.70. The number of hydrogen-bond acceptors (Lipinski definition) is 6. The van der Waals surface area contributed by atoms with E-state index in [9.17, 15) is 0 Å². The number of nitriles is 1. The van der Waals surface area contributed by atoms with Gasteiger partial charge >= 0.3 is 0 Å². The smallest absolute Gasteiger partial charge is 0.131 e. The summed E-state index contributed by atoms with van der Waals surface area (Å²) < 4.78 is 0. The lowest BCUT2D eigenvalue weighted by molar-refractivity contribution is 0.617. The van der Waals surface area contributed by atoms with E-state index >= 15 is 0 Å². The van der Waals surface area contributed by atoms with Gasteiger partial charge in [0, 0.05) is 46.2 Å². The highest BCUT2D eigenvalue weighted by molar-refractivity contribution is 7.16. The average molecular weight is 407 g/mol. The quantitative estimate of drug-likeness (QED) is 0.678. The van der Waals surface area contributed by atoms with Gasteiger partial charge in [-0.15, -0.1) is 11.3 Å². The molecule has 28 heavy (non-hydrogen) atoms. The van der Waals surface area contributed by atoms with Crippen LogP contribution in [0.5, 0.6) is 0 Å². The van der Waals surface area contributed by atoms with Crippen LogP contribution in [-0.2, 0) is 6.42 Å². The van der Waals surface area contributed by atoms with Gasteiger partial charge in [-0.05, 0) is 25.0 Å². The number of pyridine rings is 1. The van der Waals surface area contributed by atoms with E-state index in [1.54, 1.807) is 29.8 Å². The predicted molar refractivity (Wildman–Crippen MR) is 108 cm³/mol. The lowest BCUT2D eigenvalue weighted by Crippen LogP contribution is -2.36. The lowest BCUT2D eigenvalue weighted by atomic mass is 10.00. The van der Waals surface area contributed by atoms with Crippen LogP contribution in [0.4, 0.5) is 0 Å².